The van der Waals surface area contributed by atoms with E-state index in [4.69, 9.17) is 0 Å². The van der Waals surface area contributed by atoms with Crippen molar-refractivity contribution in [1.29, 1.82) is 0 Å². The van der Waals surface area contributed by atoms with Gasteiger partial charge < -0.3 is 5.32 Å². The summed E-state index contributed by atoms with van der Waals surface area (Å²) in [6, 6.07) is 10.6. The van der Waals surface area contributed by atoms with Gasteiger partial charge in [0.15, 0.2) is 0 Å². The number of aromatic nitrogens is 4. The molecule has 2 aromatic rings. The lowest BCUT2D eigenvalue weighted by atomic mass is 9.81. The highest BCUT2D eigenvalue weighted by Crippen LogP contribution is 2.29. The third kappa shape index (κ3) is 5.37. The van der Waals surface area contributed by atoms with Crippen LogP contribution in [-0.4, -0.2) is 32.2 Å². The lowest BCUT2D eigenvalue weighted by Gasteiger charge is -2.28. The molecule has 1 heterocycles. The van der Waals surface area contributed by atoms with Gasteiger partial charge in [-0.25, -0.2) is 4.68 Å². The smallest absolute Gasteiger partial charge is 0.223 e. The largest absolute Gasteiger partial charge is 0.353 e. The summed E-state index contributed by atoms with van der Waals surface area (Å²) in [5, 5.41) is 14.5. The molecule has 6 nitrogen and oxygen atoms in total. The van der Waals surface area contributed by atoms with E-state index < -0.39 is 0 Å². The zero-order valence-electron chi connectivity index (χ0n) is 14.8. The Hall–Kier alpha value is -2.24. The molecule has 25 heavy (non-hydrogen) atoms. The monoisotopic (exact) mass is 341 g/mol. The van der Waals surface area contributed by atoms with E-state index in [1.165, 1.54) is 5.56 Å². The van der Waals surface area contributed by atoms with Gasteiger partial charge in [-0.3, -0.25) is 4.79 Å². The van der Waals surface area contributed by atoms with Gasteiger partial charge in [0.25, 0.3) is 0 Å². The second-order valence-electron chi connectivity index (χ2n) is 7.18. The van der Waals surface area contributed by atoms with E-state index >= 15 is 0 Å². The van der Waals surface area contributed by atoms with Crippen molar-refractivity contribution in [2.45, 2.75) is 58.0 Å². The van der Waals surface area contributed by atoms with Gasteiger partial charge in [-0.05, 0) is 67.4 Å². The topological polar surface area (TPSA) is 72.7 Å². The van der Waals surface area contributed by atoms with E-state index in [2.05, 4.69) is 52.0 Å². The normalized spacial score (nSPS) is 21.6. The van der Waals surface area contributed by atoms with Crippen molar-refractivity contribution < 1.29 is 4.79 Å². The van der Waals surface area contributed by atoms with E-state index in [0.717, 1.165) is 45.1 Å². The molecule has 1 atom stereocenters. The molecule has 1 aromatic carbocycles. The van der Waals surface area contributed by atoms with E-state index in [0.29, 0.717) is 5.92 Å². The molecule has 3 rings (SSSR count). The minimum Gasteiger partial charge on any atom is -0.353 e. The first-order valence-corrected chi connectivity index (χ1v) is 9.26. The summed E-state index contributed by atoms with van der Waals surface area (Å²) in [5.74, 6) is 0.953. The summed E-state index contributed by atoms with van der Waals surface area (Å²) >= 11 is 0. The summed E-state index contributed by atoms with van der Waals surface area (Å²) in [4.78, 5) is 12.5. The highest BCUT2D eigenvalue weighted by molar-refractivity contribution is 5.78. The van der Waals surface area contributed by atoms with Crippen molar-refractivity contribution in [2.75, 3.05) is 0 Å². The van der Waals surface area contributed by atoms with Crippen LogP contribution in [-0.2, 0) is 17.8 Å². The maximum absolute atomic E-state index is 12.5. The van der Waals surface area contributed by atoms with Gasteiger partial charge in [0.1, 0.15) is 6.33 Å². The van der Waals surface area contributed by atoms with Gasteiger partial charge in [0.2, 0.25) is 5.91 Å². The zero-order chi connectivity index (χ0) is 17.5. The molecule has 1 fully saturated rings. The van der Waals surface area contributed by atoms with Crippen LogP contribution in [0.1, 0.15) is 44.6 Å². The molecule has 1 aromatic heterocycles. The average Bonchev–Trinajstić information content (AvgIpc) is 3.14. The summed E-state index contributed by atoms with van der Waals surface area (Å²) < 4.78 is 1.79. The number of rotatable bonds is 7. The summed E-state index contributed by atoms with van der Waals surface area (Å²) in [7, 11) is 0. The molecule has 134 valence electrons. The molecule has 6 heteroatoms. The zero-order valence-corrected chi connectivity index (χ0v) is 14.8. The number of tetrazole rings is 1. The van der Waals surface area contributed by atoms with Crippen LogP contribution in [0.2, 0.25) is 0 Å². The molecule has 1 saturated carbocycles. The second-order valence-corrected chi connectivity index (χ2v) is 7.18. The van der Waals surface area contributed by atoms with E-state index in [1.807, 2.05) is 6.07 Å². The van der Waals surface area contributed by atoms with Gasteiger partial charge in [-0.1, -0.05) is 30.3 Å². The average molecular weight is 341 g/mol. The lowest BCUT2D eigenvalue weighted by Crippen LogP contribution is -2.39. The fourth-order valence-electron chi connectivity index (χ4n) is 3.60. The maximum atomic E-state index is 12.5. The number of hydrogen-bond acceptors (Lipinski definition) is 4. The molecule has 0 bridgehead atoms. The molecule has 1 amide bonds. The highest BCUT2D eigenvalue weighted by Gasteiger charge is 2.27. The SMILES string of the molecule is C[C@H](CCc1ccccc1)NC(=O)C1CCC(Cn2cnnn2)CC1. The third-order valence-electron chi connectivity index (χ3n) is 5.15. The number of carbonyl (C=O) groups excluding carboxylic acids is 1. The third-order valence-corrected chi connectivity index (χ3v) is 5.15. The Morgan fingerprint density at radius 3 is 2.68 bits per heavy atom. The molecular formula is C19H27N5O. The Morgan fingerprint density at radius 2 is 2.00 bits per heavy atom. The molecule has 0 radical (unpaired) electrons. The van der Waals surface area contributed by atoms with Crippen molar-refractivity contribution in [1.82, 2.24) is 25.5 Å². The van der Waals surface area contributed by atoms with Crippen molar-refractivity contribution in [2.24, 2.45) is 11.8 Å². The first-order valence-electron chi connectivity index (χ1n) is 9.26. The molecule has 0 spiro atoms. The number of carbonyl (C=O) groups is 1. The Balaban J connectivity index is 1.37. The van der Waals surface area contributed by atoms with Gasteiger partial charge in [-0.2, -0.15) is 0 Å². The number of nitrogens with zero attached hydrogens (tertiary/aromatic N) is 4. The van der Waals surface area contributed by atoms with Crippen molar-refractivity contribution in [3.05, 3.63) is 42.2 Å². The number of amides is 1. The van der Waals surface area contributed by atoms with Crippen molar-refractivity contribution in [3.8, 4) is 0 Å². The predicted octanol–water partition coefficient (Wildman–Crippen LogP) is 2.62. The number of aryl methyl sites for hydroxylation is 1. The maximum Gasteiger partial charge on any atom is 0.223 e. The van der Waals surface area contributed by atoms with Gasteiger partial charge in [-0.15, -0.1) is 5.10 Å². The first kappa shape index (κ1) is 17.6. The molecule has 1 aliphatic rings. The van der Waals surface area contributed by atoms with Crippen molar-refractivity contribution >= 4 is 5.91 Å². The highest BCUT2D eigenvalue weighted by atomic mass is 16.1. The Kier molecular flexibility index (Phi) is 6.14. The fourth-order valence-corrected chi connectivity index (χ4v) is 3.60. The van der Waals surface area contributed by atoms with Crippen molar-refractivity contribution in [3.63, 3.8) is 0 Å². The van der Waals surface area contributed by atoms with E-state index in [-0.39, 0.29) is 17.9 Å². The van der Waals surface area contributed by atoms with Crippen LogP contribution >= 0.6 is 0 Å². The first-order chi connectivity index (χ1) is 12.2. The second kappa shape index (κ2) is 8.74. The van der Waals surface area contributed by atoms with Crippen LogP contribution in [0.4, 0.5) is 0 Å². The minimum absolute atomic E-state index is 0.157. The van der Waals surface area contributed by atoms with E-state index in [1.54, 1.807) is 11.0 Å². The number of benzene rings is 1. The van der Waals surface area contributed by atoms with Crippen LogP contribution in [0.25, 0.3) is 0 Å². The molecule has 1 N–H and O–H groups in total. The van der Waals surface area contributed by atoms with Gasteiger partial charge in [0, 0.05) is 18.5 Å². The molecule has 0 unspecified atom stereocenters. The molecular weight excluding hydrogens is 314 g/mol. The van der Waals surface area contributed by atoms with Crippen LogP contribution < -0.4 is 5.32 Å². The van der Waals surface area contributed by atoms with Crippen LogP contribution in [0, 0.1) is 11.8 Å². The fraction of sp³-hybridized carbons (Fsp3) is 0.579. The molecule has 1 aliphatic carbocycles. The Bertz CT molecular complexity index is 635. The Morgan fingerprint density at radius 1 is 1.24 bits per heavy atom. The lowest BCUT2D eigenvalue weighted by molar-refractivity contribution is -0.126. The molecule has 0 aliphatic heterocycles. The van der Waals surface area contributed by atoms with Crippen LogP contribution in [0.15, 0.2) is 36.7 Å². The van der Waals surface area contributed by atoms with Gasteiger partial charge in [0.05, 0.1) is 0 Å². The standard InChI is InChI=1S/C19H27N5O/c1-15(7-8-16-5-3-2-4-6-16)21-19(25)18-11-9-17(10-12-18)13-24-14-20-22-23-24/h2-6,14-15,17-18H,7-13H2,1H3,(H,21,25)/t15-,17?,18?/m1/s1. The Labute approximate surface area is 149 Å². The number of hydrogen-bond donors (Lipinski definition) is 1. The minimum atomic E-state index is 0.157. The van der Waals surface area contributed by atoms with E-state index in [9.17, 15) is 4.79 Å². The van der Waals surface area contributed by atoms with Gasteiger partial charge >= 0.3 is 0 Å². The van der Waals surface area contributed by atoms with Crippen LogP contribution in [0.3, 0.4) is 0 Å². The quantitative estimate of drug-likeness (QED) is 0.840. The predicted molar refractivity (Wildman–Crippen MR) is 95.6 cm³/mol. The summed E-state index contributed by atoms with van der Waals surface area (Å²) in [5.41, 5.74) is 1.33. The summed E-state index contributed by atoms with van der Waals surface area (Å²) in [6.07, 6.45) is 7.69. The van der Waals surface area contributed by atoms with Crippen LogP contribution in [0.5, 0.6) is 0 Å². The summed E-state index contributed by atoms with van der Waals surface area (Å²) in [6.45, 7) is 2.96. The molecule has 0 saturated heterocycles. The number of nitrogens with one attached hydrogen (secondary N) is 1.